The van der Waals surface area contributed by atoms with Crippen molar-refractivity contribution in [2.24, 2.45) is 0 Å². The highest BCUT2D eigenvalue weighted by molar-refractivity contribution is 5.93. The van der Waals surface area contributed by atoms with E-state index in [0.717, 1.165) is 17.4 Å². The Morgan fingerprint density at radius 2 is 1.90 bits per heavy atom. The molecule has 0 saturated heterocycles. The summed E-state index contributed by atoms with van der Waals surface area (Å²) in [5.41, 5.74) is -0.379. The third kappa shape index (κ3) is 7.36. The van der Waals surface area contributed by atoms with E-state index in [2.05, 4.69) is 15.0 Å². The number of aromatic amines is 1. The third-order valence-corrected chi connectivity index (χ3v) is 4.78. The van der Waals surface area contributed by atoms with Gasteiger partial charge in [0.05, 0.1) is 29.7 Å². The lowest BCUT2D eigenvalue weighted by molar-refractivity contribution is -0.121. The SMILES string of the molecule is COC(=O)c1ccc2c(=O)n(CCCCCC(=O)NCCCOC(C)C)c(=O)[nH]c2c1. The minimum atomic E-state index is -0.542. The second-order valence-electron chi connectivity index (χ2n) is 7.57. The number of ether oxygens (including phenoxy) is 2. The molecule has 1 aromatic heterocycles. The predicted octanol–water partition coefficient (Wildman–Crippen LogP) is 1.97. The summed E-state index contributed by atoms with van der Waals surface area (Å²) < 4.78 is 11.2. The van der Waals surface area contributed by atoms with Crippen LogP contribution in [0.4, 0.5) is 0 Å². The number of unbranched alkanes of at least 4 members (excludes halogenated alkanes) is 2. The Labute approximate surface area is 180 Å². The minimum absolute atomic E-state index is 0.00771. The summed E-state index contributed by atoms with van der Waals surface area (Å²) in [7, 11) is 1.26. The maximum absolute atomic E-state index is 12.6. The molecule has 9 heteroatoms. The van der Waals surface area contributed by atoms with Crippen molar-refractivity contribution in [3.05, 3.63) is 44.6 Å². The molecular formula is C22H31N3O6. The van der Waals surface area contributed by atoms with Gasteiger partial charge in [0.1, 0.15) is 0 Å². The topological polar surface area (TPSA) is 119 Å². The first-order valence-electron chi connectivity index (χ1n) is 10.6. The fourth-order valence-electron chi connectivity index (χ4n) is 3.14. The van der Waals surface area contributed by atoms with Gasteiger partial charge >= 0.3 is 11.7 Å². The van der Waals surface area contributed by atoms with Crippen molar-refractivity contribution in [2.45, 2.75) is 58.6 Å². The third-order valence-electron chi connectivity index (χ3n) is 4.78. The first kappa shape index (κ1) is 24.3. The highest BCUT2D eigenvalue weighted by Crippen LogP contribution is 2.10. The highest BCUT2D eigenvalue weighted by atomic mass is 16.5. The number of carbonyl (C=O) groups is 2. The van der Waals surface area contributed by atoms with E-state index >= 15 is 0 Å². The lowest BCUT2D eigenvalue weighted by Gasteiger charge is -2.09. The van der Waals surface area contributed by atoms with E-state index in [0.29, 0.717) is 43.3 Å². The molecule has 0 aliphatic carbocycles. The van der Waals surface area contributed by atoms with Crippen molar-refractivity contribution in [3.63, 3.8) is 0 Å². The van der Waals surface area contributed by atoms with Crippen LogP contribution in [0.25, 0.3) is 10.9 Å². The molecular weight excluding hydrogens is 402 g/mol. The molecule has 31 heavy (non-hydrogen) atoms. The summed E-state index contributed by atoms with van der Waals surface area (Å²) in [6, 6.07) is 4.43. The lowest BCUT2D eigenvalue weighted by atomic mass is 10.1. The van der Waals surface area contributed by atoms with Crippen LogP contribution in [0.3, 0.4) is 0 Å². The Hall–Kier alpha value is -2.94. The number of H-pyrrole nitrogens is 1. The van der Waals surface area contributed by atoms with E-state index in [1.54, 1.807) is 0 Å². The van der Waals surface area contributed by atoms with Gasteiger partial charge in [-0.1, -0.05) is 6.42 Å². The van der Waals surface area contributed by atoms with Crippen molar-refractivity contribution < 1.29 is 19.1 Å². The number of nitrogens with zero attached hydrogens (tertiary/aromatic N) is 1. The Balaban J connectivity index is 1.81. The number of aromatic nitrogens is 2. The van der Waals surface area contributed by atoms with Crippen LogP contribution in [0.15, 0.2) is 27.8 Å². The van der Waals surface area contributed by atoms with Gasteiger partial charge in [0, 0.05) is 26.1 Å². The number of nitrogens with one attached hydrogen (secondary N) is 2. The second kappa shape index (κ2) is 12.0. The van der Waals surface area contributed by atoms with Crippen molar-refractivity contribution in [1.82, 2.24) is 14.9 Å². The molecule has 0 aliphatic heterocycles. The van der Waals surface area contributed by atoms with Gasteiger partial charge in [0.2, 0.25) is 5.91 Å². The molecule has 9 nitrogen and oxygen atoms in total. The maximum atomic E-state index is 12.6. The van der Waals surface area contributed by atoms with Crippen molar-refractivity contribution in [2.75, 3.05) is 20.3 Å². The van der Waals surface area contributed by atoms with Gasteiger partial charge in [-0.25, -0.2) is 9.59 Å². The van der Waals surface area contributed by atoms with Crippen LogP contribution in [0.5, 0.6) is 0 Å². The fraction of sp³-hybridized carbons (Fsp3) is 0.545. The maximum Gasteiger partial charge on any atom is 0.337 e. The summed E-state index contributed by atoms with van der Waals surface area (Å²) in [5.74, 6) is -0.550. The second-order valence-corrected chi connectivity index (χ2v) is 7.57. The van der Waals surface area contributed by atoms with Crippen LogP contribution in [-0.4, -0.2) is 47.8 Å². The fourth-order valence-corrected chi connectivity index (χ4v) is 3.14. The molecule has 2 aromatic rings. The number of methoxy groups -OCH3 is 1. The summed E-state index contributed by atoms with van der Waals surface area (Å²) >= 11 is 0. The first-order valence-corrected chi connectivity index (χ1v) is 10.6. The summed E-state index contributed by atoms with van der Waals surface area (Å²) in [5, 5.41) is 3.18. The molecule has 1 aromatic carbocycles. The molecule has 0 fully saturated rings. The average molecular weight is 434 g/mol. The zero-order valence-electron chi connectivity index (χ0n) is 18.4. The van der Waals surface area contributed by atoms with E-state index in [1.807, 2.05) is 13.8 Å². The summed E-state index contributed by atoms with van der Waals surface area (Å²) in [6.07, 6.45) is 3.37. The standard InChI is InChI=1S/C22H31N3O6/c1-15(2)31-13-7-11-23-19(26)8-5-4-6-12-25-20(27)17-10-9-16(21(28)30-3)14-18(17)24-22(25)29/h9-10,14-15H,4-8,11-13H2,1-3H3,(H,23,26)(H,24,29). The van der Waals surface area contributed by atoms with Gasteiger partial charge in [0.15, 0.2) is 0 Å². The number of hydrogen-bond acceptors (Lipinski definition) is 6. The van der Waals surface area contributed by atoms with Crippen molar-refractivity contribution in [1.29, 1.82) is 0 Å². The lowest BCUT2D eigenvalue weighted by Crippen LogP contribution is -2.35. The van der Waals surface area contributed by atoms with E-state index in [1.165, 1.54) is 25.3 Å². The van der Waals surface area contributed by atoms with E-state index in [-0.39, 0.29) is 24.1 Å². The Morgan fingerprint density at radius 1 is 1.13 bits per heavy atom. The zero-order chi connectivity index (χ0) is 22.8. The monoisotopic (exact) mass is 433 g/mol. The number of fused-ring (bicyclic) bond motifs is 1. The number of amides is 1. The minimum Gasteiger partial charge on any atom is -0.465 e. The Bertz CT molecular complexity index is 1010. The number of hydrogen-bond donors (Lipinski definition) is 2. The smallest absolute Gasteiger partial charge is 0.337 e. The molecule has 0 spiro atoms. The molecule has 170 valence electrons. The normalized spacial score (nSPS) is 11.1. The van der Waals surface area contributed by atoms with Crippen LogP contribution in [-0.2, 0) is 20.8 Å². The quantitative estimate of drug-likeness (QED) is 0.390. The van der Waals surface area contributed by atoms with Gasteiger partial charge in [-0.3, -0.25) is 14.2 Å². The van der Waals surface area contributed by atoms with Crippen molar-refractivity contribution in [3.8, 4) is 0 Å². The molecule has 0 bridgehead atoms. The Kier molecular flexibility index (Phi) is 9.45. The van der Waals surface area contributed by atoms with Crippen LogP contribution < -0.4 is 16.6 Å². The van der Waals surface area contributed by atoms with E-state index in [9.17, 15) is 19.2 Å². The van der Waals surface area contributed by atoms with Crippen LogP contribution >= 0.6 is 0 Å². The summed E-state index contributed by atoms with van der Waals surface area (Å²) in [6.45, 7) is 5.41. The van der Waals surface area contributed by atoms with Crippen LogP contribution in [0, 0.1) is 0 Å². The van der Waals surface area contributed by atoms with Gasteiger partial charge in [-0.2, -0.15) is 0 Å². The molecule has 2 rings (SSSR count). The first-order chi connectivity index (χ1) is 14.8. The average Bonchev–Trinajstić information content (AvgIpc) is 2.74. The van der Waals surface area contributed by atoms with E-state index in [4.69, 9.17) is 4.74 Å². The molecule has 0 atom stereocenters. The largest absolute Gasteiger partial charge is 0.465 e. The van der Waals surface area contributed by atoms with Crippen LogP contribution in [0.1, 0.15) is 56.3 Å². The van der Waals surface area contributed by atoms with Crippen LogP contribution in [0.2, 0.25) is 0 Å². The molecule has 0 unspecified atom stereocenters. The van der Waals surface area contributed by atoms with Gasteiger partial charge in [-0.05, 0) is 51.3 Å². The number of benzene rings is 1. The molecule has 1 heterocycles. The molecule has 0 radical (unpaired) electrons. The number of carbonyl (C=O) groups excluding carboxylic acids is 2. The molecule has 0 saturated carbocycles. The molecule has 2 N–H and O–H groups in total. The Morgan fingerprint density at radius 3 is 2.61 bits per heavy atom. The van der Waals surface area contributed by atoms with Crippen molar-refractivity contribution >= 4 is 22.8 Å². The van der Waals surface area contributed by atoms with Gasteiger partial charge in [-0.15, -0.1) is 0 Å². The molecule has 0 aliphatic rings. The number of rotatable bonds is 12. The zero-order valence-corrected chi connectivity index (χ0v) is 18.4. The highest BCUT2D eigenvalue weighted by Gasteiger charge is 2.11. The van der Waals surface area contributed by atoms with Gasteiger partial charge < -0.3 is 19.8 Å². The van der Waals surface area contributed by atoms with Gasteiger partial charge in [0.25, 0.3) is 5.56 Å². The predicted molar refractivity (Wildman–Crippen MR) is 117 cm³/mol. The molecule has 1 amide bonds. The number of esters is 1. The van der Waals surface area contributed by atoms with E-state index < -0.39 is 17.2 Å². The summed E-state index contributed by atoms with van der Waals surface area (Å²) in [4.78, 5) is 51.0.